The van der Waals surface area contributed by atoms with Crippen molar-refractivity contribution in [1.29, 1.82) is 0 Å². The molecule has 0 aliphatic heterocycles. The molecule has 2 aromatic rings. The summed E-state index contributed by atoms with van der Waals surface area (Å²) in [6.45, 7) is 3.11. The second-order valence-electron chi connectivity index (χ2n) is 6.34. The van der Waals surface area contributed by atoms with Crippen molar-refractivity contribution in [3.8, 4) is 0 Å². The number of carbonyl (C=O) groups excluding carboxylic acids is 1. The molecule has 2 N–H and O–H groups in total. The van der Waals surface area contributed by atoms with Gasteiger partial charge in [0.1, 0.15) is 6.54 Å². The van der Waals surface area contributed by atoms with Crippen LogP contribution < -0.4 is 4.72 Å². The number of nitrogens with zero attached hydrogens (tertiary/aromatic N) is 1. The van der Waals surface area contributed by atoms with E-state index >= 15 is 0 Å². The van der Waals surface area contributed by atoms with Gasteiger partial charge in [-0.05, 0) is 43.7 Å². The molecule has 8 heteroatoms. The van der Waals surface area contributed by atoms with Crippen LogP contribution >= 0.6 is 0 Å². The molecule has 0 atom stereocenters. The Balaban J connectivity index is 2.23. The first kappa shape index (κ1) is 20.6. The van der Waals surface area contributed by atoms with Crippen LogP contribution in [0.4, 0.5) is 0 Å². The van der Waals surface area contributed by atoms with Gasteiger partial charge in [-0.3, -0.25) is 9.59 Å². The lowest BCUT2D eigenvalue weighted by Crippen LogP contribution is -2.35. The summed E-state index contributed by atoms with van der Waals surface area (Å²) < 4.78 is 26.8. The monoisotopic (exact) mass is 390 g/mol. The zero-order valence-corrected chi connectivity index (χ0v) is 15.9. The van der Waals surface area contributed by atoms with Gasteiger partial charge >= 0.3 is 5.97 Å². The van der Waals surface area contributed by atoms with Gasteiger partial charge in [0.15, 0.2) is 0 Å². The highest BCUT2D eigenvalue weighted by Gasteiger charge is 2.21. The quantitative estimate of drug-likeness (QED) is 0.718. The van der Waals surface area contributed by atoms with Gasteiger partial charge in [-0.1, -0.05) is 30.3 Å². The van der Waals surface area contributed by atoms with Gasteiger partial charge in [-0.25, -0.2) is 13.1 Å². The first-order valence-corrected chi connectivity index (χ1v) is 9.85. The number of hydrogen-bond donors (Lipinski definition) is 2. The van der Waals surface area contributed by atoms with Crippen LogP contribution in [0.25, 0.3) is 0 Å². The average Bonchev–Trinajstić information content (AvgIpc) is 2.60. The summed E-state index contributed by atoms with van der Waals surface area (Å²) in [5.41, 5.74) is 1.02. The van der Waals surface area contributed by atoms with E-state index < -0.39 is 28.4 Å². The van der Waals surface area contributed by atoms with Gasteiger partial charge in [0.25, 0.3) is 5.91 Å². The molecule has 0 radical (unpaired) electrons. The summed E-state index contributed by atoms with van der Waals surface area (Å²) in [5.74, 6) is -1.61. The van der Waals surface area contributed by atoms with E-state index in [0.29, 0.717) is 0 Å². The summed E-state index contributed by atoms with van der Waals surface area (Å²) in [6, 6.07) is 14.2. The predicted molar refractivity (Wildman–Crippen MR) is 101 cm³/mol. The lowest BCUT2D eigenvalue weighted by atomic mass is 10.1. The van der Waals surface area contributed by atoms with Crippen LogP contribution in [-0.2, 0) is 21.4 Å². The molecule has 0 bridgehead atoms. The third-order valence-electron chi connectivity index (χ3n) is 3.63. The van der Waals surface area contributed by atoms with Crippen LogP contribution in [0.1, 0.15) is 29.8 Å². The minimum absolute atomic E-state index is 0.0422. The first-order chi connectivity index (χ1) is 12.7. The molecule has 27 heavy (non-hydrogen) atoms. The van der Waals surface area contributed by atoms with Gasteiger partial charge in [-0.2, -0.15) is 0 Å². The molecule has 0 heterocycles. The number of nitrogens with one attached hydrogen (secondary N) is 1. The number of amides is 1. The van der Waals surface area contributed by atoms with Crippen LogP contribution in [0.5, 0.6) is 0 Å². The highest BCUT2D eigenvalue weighted by Crippen LogP contribution is 2.14. The van der Waals surface area contributed by atoms with E-state index in [1.807, 2.05) is 6.07 Å². The maximum atomic E-state index is 12.7. The third kappa shape index (κ3) is 5.90. The Kier molecular flexibility index (Phi) is 6.70. The number of benzene rings is 2. The standard InChI is InChI=1S/C19H22N2O5S/c1-14(2)20-27(25,26)17-10-8-16(9-11-17)19(24)21(13-18(22)23)12-15-6-4-3-5-7-15/h3-11,14,20H,12-13H2,1-2H3,(H,22,23). The highest BCUT2D eigenvalue weighted by atomic mass is 32.2. The fourth-order valence-corrected chi connectivity index (χ4v) is 3.76. The summed E-state index contributed by atoms with van der Waals surface area (Å²) >= 11 is 0. The number of carboxylic acid groups (broad SMARTS) is 1. The number of hydrogen-bond acceptors (Lipinski definition) is 4. The van der Waals surface area contributed by atoms with Crippen molar-refractivity contribution in [3.05, 3.63) is 65.7 Å². The molecule has 2 aromatic carbocycles. The summed E-state index contributed by atoms with van der Waals surface area (Å²) in [7, 11) is -3.66. The second kappa shape index (κ2) is 8.79. The zero-order chi connectivity index (χ0) is 20.0. The molecule has 2 rings (SSSR count). The number of aliphatic carboxylic acids is 1. The average molecular weight is 390 g/mol. The molecule has 0 aliphatic rings. The van der Waals surface area contributed by atoms with Crippen molar-refractivity contribution in [3.63, 3.8) is 0 Å². The number of carboxylic acids is 1. The van der Waals surface area contributed by atoms with E-state index in [1.54, 1.807) is 38.1 Å². The maximum absolute atomic E-state index is 12.7. The number of rotatable bonds is 8. The Bertz CT molecular complexity index is 893. The van der Waals surface area contributed by atoms with Crippen molar-refractivity contribution >= 4 is 21.9 Å². The topological polar surface area (TPSA) is 104 Å². The minimum Gasteiger partial charge on any atom is -0.480 e. The van der Waals surface area contributed by atoms with Crippen LogP contribution in [0.3, 0.4) is 0 Å². The molecule has 0 aliphatic carbocycles. The summed E-state index contributed by atoms with van der Waals surface area (Å²) in [4.78, 5) is 25.1. The van der Waals surface area contributed by atoms with E-state index in [0.717, 1.165) is 5.56 Å². The van der Waals surface area contributed by atoms with Crippen LogP contribution in [0.15, 0.2) is 59.5 Å². The molecule has 7 nitrogen and oxygen atoms in total. The van der Waals surface area contributed by atoms with Crippen LogP contribution in [-0.4, -0.2) is 42.9 Å². The second-order valence-corrected chi connectivity index (χ2v) is 8.05. The smallest absolute Gasteiger partial charge is 0.323 e. The van der Waals surface area contributed by atoms with Gasteiger partial charge in [0.2, 0.25) is 10.0 Å². The fourth-order valence-electron chi connectivity index (χ4n) is 2.50. The Morgan fingerprint density at radius 1 is 1.04 bits per heavy atom. The van der Waals surface area contributed by atoms with E-state index in [2.05, 4.69) is 4.72 Å². The zero-order valence-electron chi connectivity index (χ0n) is 15.1. The molecule has 1 amide bonds. The van der Waals surface area contributed by atoms with Crippen LogP contribution in [0.2, 0.25) is 0 Å². The SMILES string of the molecule is CC(C)NS(=O)(=O)c1ccc(C(=O)N(CC(=O)O)Cc2ccccc2)cc1. The molecule has 0 saturated heterocycles. The van der Waals surface area contributed by atoms with Gasteiger partial charge in [-0.15, -0.1) is 0 Å². The third-order valence-corrected chi connectivity index (χ3v) is 5.31. The Hall–Kier alpha value is -2.71. The van der Waals surface area contributed by atoms with Crippen molar-refractivity contribution in [2.45, 2.75) is 31.3 Å². The molecule has 0 fully saturated rings. The number of carbonyl (C=O) groups is 2. The van der Waals surface area contributed by atoms with Crippen LogP contribution in [0, 0.1) is 0 Å². The number of sulfonamides is 1. The van der Waals surface area contributed by atoms with E-state index in [-0.39, 0.29) is 23.0 Å². The van der Waals surface area contributed by atoms with Crippen molar-refractivity contribution in [2.24, 2.45) is 0 Å². The van der Waals surface area contributed by atoms with E-state index in [9.17, 15) is 18.0 Å². The molecular weight excluding hydrogens is 368 g/mol. The van der Waals surface area contributed by atoms with Crippen molar-refractivity contribution < 1.29 is 23.1 Å². The van der Waals surface area contributed by atoms with Crippen molar-refractivity contribution in [2.75, 3.05) is 6.54 Å². The van der Waals surface area contributed by atoms with Gasteiger partial charge in [0.05, 0.1) is 4.90 Å². The minimum atomic E-state index is -3.66. The van der Waals surface area contributed by atoms with Crippen molar-refractivity contribution in [1.82, 2.24) is 9.62 Å². The van der Waals surface area contributed by atoms with Gasteiger partial charge in [0, 0.05) is 18.2 Å². The molecule has 0 unspecified atom stereocenters. The van der Waals surface area contributed by atoms with E-state index in [4.69, 9.17) is 5.11 Å². The fraction of sp³-hybridized carbons (Fsp3) is 0.263. The Morgan fingerprint density at radius 3 is 2.15 bits per heavy atom. The lowest BCUT2D eigenvalue weighted by Gasteiger charge is -2.21. The summed E-state index contributed by atoms with van der Waals surface area (Å²) in [6.07, 6.45) is 0. The maximum Gasteiger partial charge on any atom is 0.323 e. The summed E-state index contributed by atoms with van der Waals surface area (Å²) in [5, 5.41) is 9.11. The highest BCUT2D eigenvalue weighted by molar-refractivity contribution is 7.89. The molecule has 0 spiro atoms. The largest absolute Gasteiger partial charge is 0.480 e. The van der Waals surface area contributed by atoms with E-state index in [1.165, 1.54) is 29.2 Å². The molecule has 0 aromatic heterocycles. The Morgan fingerprint density at radius 2 is 1.63 bits per heavy atom. The lowest BCUT2D eigenvalue weighted by molar-refractivity contribution is -0.137. The molecular formula is C19H22N2O5S. The predicted octanol–water partition coefficient (Wildman–Crippen LogP) is 2.10. The molecule has 0 saturated carbocycles. The van der Waals surface area contributed by atoms with Gasteiger partial charge < -0.3 is 10.0 Å². The Labute approximate surface area is 158 Å². The molecule has 144 valence electrons. The first-order valence-electron chi connectivity index (χ1n) is 8.36. The normalized spacial score (nSPS) is 11.4.